The molecule has 0 aliphatic rings. The van der Waals surface area contributed by atoms with Gasteiger partial charge in [-0.3, -0.25) is 4.79 Å². The number of aryl methyl sites for hydroxylation is 1. The Bertz CT molecular complexity index is 401. The Kier molecular flexibility index (Phi) is 7.09. The standard InChI is InChI=1S/C16H26N2O2/c1-5-17-13(2)6-7-14-8-10-15(11-9-14)20-12-16(19)18(3)4/h8-11,13,17H,5-7,12H2,1-4H3. The van der Waals surface area contributed by atoms with Crippen LogP contribution in [0.15, 0.2) is 24.3 Å². The minimum Gasteiger partial charge on any atom is -0.484 e. The van der Waals surface area contributed by atoms with Crippen molar-refractivity contribution in [1.82, 2.24) is 10.2 Å². The molecule has 0 saturated heterocycles. The molecule has 1 N–H and O–H groups in total. The number of rotatable bonds is 8. The summed E-state index contributed by atoms with van der Waals surface area (Å²) in [5.74, 6) is 0.706. The summed E-state index contributed by atoms with van der Waals surface area (Å²) in [4.78, 5) is 12.9. The molecular formula is C16H26N2O2. The fraction of sp³-hybridized carbons (Fsp3) is 0.562. The maximum Gasteiger partial charge on any atom is 0.259 e. The summed E-state index contributed by atoms with van der Waals surface area (Å²) in [5, 5.41) is 3.40. The molecule has 112 valence electrons. The highest BCUT2D eigenvalue weighted by Crippen LogP contribution is 2.14. The first-order chi connectivity index (χ1) is 9.52. The Morgan fingerprint density at radius 1 is 1.30 bits per heavy atom. The molecule has 0 saturated carbocycles. The summed E-state index contributed by atoms with van der Waals surface area (Å²) in [6, 6.07) is 8.52. The largest absolute Gasteiger partial charge is 0.484 e. The van der Waals surface area contributed by atoms with E-state index in [1.54, 1.807) is 14.1 Å². The van der Waals surface area contributed by atoms with Crippen molar-refractivity contribution in [1.29, 1.82) is 0 Å². The maximum atomic E-state index is 11.4. The first kappa shape index (κ1) is 16.5. The summed E-state index contributed by atoms with van der Waals surface area (Å²) < 4.78 is 5.44. The third-order valence-corrected chi connectivity index (χ3v) is 3.20. The average molecular weight is 278 g/mol. The Hall–Kier alpha value is -1.55. The van der Waals surface area contributed by atoms with Gasteiger partial charge in [0.1, 0.15) is 5.75 Å². The second kappa shape index (κ2) is 8.59. The molecule has 1 aromatic carbocycles. The van der Waals surface area contributed by atoms with E-state index < -0.39 is 0 Å². The Morgan fingerprint density at radius 3 is 2.50 bits per heavy atom. The Labute approximate surface area is 122 Å². The van der Waals surface area contributed by atoms with Crippen molar-refractivity contribution in [3.8, 4) is 5.75 Å². The van der Waals surface area contributed by atoms with Gasteiger partial charge in [0.2, 0.25) is 0 Å². The quantitative estimate of drug-likeness (QED) is 0.791. The van der Waals surface area contributed by atoms with Crippen molar-refractivity contribution in [3.63, 3.8) is 0 Å². The van der Waals surface area contributed by atoms with Crippen LogP contribution in [-0.4, -0.2) is 44.1 Å². The highest BCUT2D eigenvalue weighted by Gasteiger charge is 2.05. The van der Waals surface area contributed by atoms with Crippen LogP contribution < -0.4 is 10.1 Å². The average Bonchev–Trinajstić information content (AvgIpc) is 2.43. The molecule has 0 aliphatic heterocycles. The number of nitrogens with zero attached hydrogens (tertiary/aromatic N) is 1. The van der Waals surface area contributed by atoms with E-state index in [2.05, 4.69) is 31.3 Å². The molecule has 1 amide bonds. The van der Waals surface area contributed by atoms with Crippen molar-refractivity contribution in [2.45, 2.75) is 32.7 Å². The third-order valence-electron chi connectivity index (χ3n) is 3.20. The Morgan fingerprint density at radius 2 is 1.95 bits per heavy atom. The van der Waals surface area contributed by atoms with Crippen LogP contribution in [0.1, 0.15) is 25.8 Å². The van der Waals surface area contributed by atoms with E-state index in [1.807, 2.05) is 12.1 Å². The number of likely N-dealkylation sites (N-methyl/N-ethyl adjacent to an activating group) is 1. The fourth-order valence-electron chi connectivity index (χ4n) is 1.86. The van der Waals surface area contributed by atoms with E-state index in [1.165, 1.54) is 10.5 Å². The van der Waals surface area contributed by atoms with E-state index >= 15 is 0 Å². The van der Waals surface area contributed by atoms with E-state index in [-0.39, 0.29) is 12.5 Å². The first-order valence-corrected chi connectivity index (χ1v) is 7.18. The van der Waals surface area contributed by atoms with Gasteiger partial charge in [0.25, 0.3) is 5.91 Å². The number of amides is 1. The number of ether oxygens (including phenoxy) is 1. The van der Waals surface area contributed by atoms with Crippen LogP contribution in [0.2, 0.25) is 0 Å². The molecule has 4 heteroatoms. The highest BCUT2D eigenvalue weighted by atomic mass is 16.5. The zero-order valence-electron chi connectivity index (χ0n) is 13.0. The summed E-state index contributed by atoms with van der Waals surface area (Å²) in [5.41, 5.74) is 1.29. The molecule has 1 unspecified atom stereocenters. The van der Waals surface area contributed by atoms with E-state index in [4.69, 9.17) is 4.74 Å². The van der Waals surface area contributed by atoms with E-state index in [0.29, 0.717) is 6.04 Å². The fourth-order valence-corrected chi connectivity index (χ4v) is 1.86. The first-order valence-electron chi connectivity index (χ1n) is 7.18. The predicted octanol–water partition coefficient (Wildman–Crippen LogP) is 2.08. The molecule has 1 atom stereocenters. The number of hydrogen-bond acceptors (Lipinski definition) is 3. The van der Waals surface area contributed by atoms with Gasteiger partial charge in [-0.2, -0.15) is 0 Å². The SMILES string of the molecule is CCNC(C)CCc1ccc(OCC(=O)N(C)C)cc1. The molecule has 0 aromatic heterocycles. The van der Waals surface area contributed by atoms with Gasteiger partial charge in [0.15, 0.2) is 6.61 Å². The van der Waals surface area contributed by atoms with Crippen LogP contribution in [-0.2, 0) is 11.2 Å². The van der Waals surface area contributed by atoms with Gasteiger partial charge >= 0.3 is 0 Å². The second-order valence-corrected chi connectivity index (χ2v) is 5.22. The van der Waals surface area contributed by atoms with Gasteiger partial charge in [-0.1, -0.05) is 19.1 Å². The van der Waals surface area contributed by atoms with Crippen LogP contribution in [0, 0.1) is 0 Å². The van der Waals surface area contributed by atoms with Gasteiger partial charge in [-0.05, 0) is 44.0 Å². The lowest BCUT2D eigenvalue weighted by atomic mass is 10.1. The highest BCUT2D eigenvalue weighted by molar-refractivity contribution is 5.77. The number of benzene rings is 1. The van der Waals surface area contributed by atoms with Gasteiger partial charge in [-0.15, -0.1) is 0 Å². The number of nitrogens with one attached hydrogen (secondary N) is 1. The van der Waals surface area contributed by atoms with Crippen LogP contribution in [0.25, 0.3) is 0 Å². The molecule has 4 nitrogen and oxygen atoms in total. The van der Waals surface area contributed by atoms with Gasteiger partial charge < -0.3 is 15.0 Å². The molecule has 0 radical (unpaired) electrons. The minimum atomic E-state index is -0.0338. The Balaban J connectivity index is 2.38. The zero-order chi connectivity index (χ0) is 15.0. The predicted molar refractivity (Wildman–Crippen MR) is 82.1 cm³/mol. The smallest absolute Gasteiger partial charge is 0.259 e. The monoisotopic (exact) mass is 278 g/mol. The molecule has 1 rings (SSSR count). The number of carbonyl (C=O) groups excluding carboxylic acids is 1. The molecule has 1 aromatic rings. The van der Waals surface area contributed by atoms with Gasteiger partial charge in [0.05, 0.1) is 0 Å². The van der Waals surface area contributed by atoms with Gasteiger partial charge in [-0.25, -0.2) is 0 Å². The van der Waals surface area contributed by atoms with Crippen LogP contribution in [0.4, 0.5) is 0 Å². The van der Waals surface area contributed by atoms with E-state index in [9.17, 15) is 4.79 Å². The lowest BCUT2D eigenvalue weighted by molar-refractivity contribution is -0.130. The molecule has 0 heterocycles. The molecule has 0 aliphatic carbocycles. The third kappa shape index (κ3) is 6.06. The van der Waals surface area contributed by atoms with Crippen molar-refractivity contribution in [3.05, 3.63) is 29.8 Å². The van der Waals surface area contributed by atoms with Gasteiger partial charge in [0, 0.05) is 20.1 Å². The van der Waals surface area contributed by atoms with Crippen LogP contribution in [0.5, 0.6) is 5.75 Å². The maximum absolute atomic E-state index is 11.4. The number of carbonyl (C=O) groups is 1. The normalized spacial score (nSPS) is 12.0. The van der Waals surface area contributed by atoms with Crippen LogP contribution >= 0.6 is 0 Å². The zero-order valence-corrected chi connectivity index (χ0v) is 13.0. The lowest BCUT2D eigenvalue weighted by Crippen LogP contribution is -2.27. The summed E-state index contributed by atoms with van der Waals surface area (Å²) >= 11 is 0. The van der Waals surface area contributed by atoms with E-state index in [0.717, 1.165) is 25.1 Å². The second-order valence-electron chi connectivity index (χ2n) is 5.22. The molecule has 20 heavy (non-hydrogen) atoms. The van der Waals surface area contributed by atoms with Crippen molar-refractivity contribution >= 4 is 5.91 Å². The lowest BCUT2D eigenvalue weighted by Gasteiger charge is -2.13. The van der Waals surface area contributed by atoms with Crippen molar-refractivity contribution in [2.75, 3.05) is 27.2 Å². The topological polar surface area (TPSA) is 41.6 Å². The molecule has 0 spiro atoms. The van der Waals surface area contributed by atoms with Crippen molar-refractivity contribution < 1.29 is 9.53 Å². The minimum absolute atomic E-state index is 0.0338. The summed E-state index contributed by atoms with van der Waals surface area (Å²) in [6.45, 7) is 5.42. The molecular weight excluding hydrogens is 252 g/mol. The number of hydrogen-bond donors (Lipinski definition) is 1. The van der Waals surface area contributed by atoms with Crippen molar-refractivity contribution in [2.24, 2.45) is 0 Å². The summed E-state index contributed by atoms with van der Waals surface area (Å²) in [6.07, 6.45) is 2.16. The van der Waals surface area contributed by atoms with Crippen LogP contribution in [0.3, 0.4) is 0 Å². The molecule has 0 fully saturated rings. The molecule has 0 bridgehead atoms. The summed E-state index contributed by atoms with van der Waals surface area (Å²) in [7, 11) is 3.45.